The van der Waals surface area contributed by atoms with E-state index in [0.29, 0.717) is 46.5 Å². The highest BCUT2D eigenvalue weighted by Gasteiger charge is 2.43. The van der Waals surface area contributed by atoms with Crippen molar-refractivity contribution >= 4 is 23.4 Å². The van der Waals surface area contributed by atoms with Crippen molar-refractivity contribution in [3.63, 3.8) is 0 Å². The van der Waals surface area contributed by atoms with Gasteiger partial charge in [-0.2, -0.15) is 0 Å². The lowest BCUT2D eigenvalue weighted by Gasteiger charge is -2.38. The van der Waals surface area contributed by atoms with Gasteiger partial charge in [-0.25, -0.2) is 4.98 Å². The Bertz CT molecular complexity index is 1350. The standard InChI is InChI=1S/C26H26N4O3S/c1-26(2)12-17-21(18(31)13-26)20(16-9-4-5-10-19(16)33-3)22-23(28-17)29-25(30-24(22)32)34-14-15-8-6-7-11-27-15/h4-11,20H,12-14H2,1-3H3,(H2,28,29,30,32). The first-order valence-corrected chi connectivity index (χ1v) is 12.2. The minimum atomic E-state index is -0.544. The van der Waals surface area contributed by atoms with Gasteiger partial charge in [-0.15, -0.1) is 0 Å². The van der Waals surface area contributed by atoms with Crippen LogP contribution in [0.1, 0.15) is 49.4 Å². The largest absolute Gasteiger partial charge is 0.496 e. The fourth-order valence-corrected chi connectivity index (χ4v) is 5.58. The van der Waals surface area contributed by atoms with Crippen LogP contribution in [0, 0.1) is 5.41 Å². The molecule has 1 aliphatic heterocycles. The van der Waals surface area contributed by atoms with E-state index in [1.807, 2.05) is 42.5 Å². The van der Waals surface area contributed by atoms with Crippen molar-refractivity contribution in [1.29, 1.82) is 0 Å². The third-order valence-electron chi connectivity index (χ3n) is 6.23. The molecule has 0 saturated heterocycles. The lowest BCUT2D eigenvalue weighted by atomic mass is 9.69. The Kier molecular flexibility index (Phi) is 5.77. The Labute approximate surface area is 202 Å². The highest BCUT2D eigenvalue weighted by Crippen LogP contribution is 2.49. The number of Topliss-reactive ketones (excluding diaryl/α,β-unsaturated/α-hetero) is 1. The van der Waals surface area contributed by atoms with Crippen molar-refractivity contribution < 1.29 is 9.53 Å². The molecule has 8 heteroatoms. The van der Waals surface area contributed by atoms with E-state index in [9.17, 15) is 9.59 Å². The van der Waals surface area contributed by atoms with Gasteiger partial charge in [0.1, 0.15) is 11.6 Å². The Morgan fingerprint density at radius 3 is 2.68 bits per heavy atom. The molecule has 0 spiro atoms. The molecule has 7 nitrogen and oxygen atoms in total. The van der Waals surface area contributed by atoms with Crippen LogP contribution in [0.25, 0.3) is 0 Å². The highest BCUT2D eigenvalue weighted by molar-refractivity contribution is 7.98. The van der Waals surface area contributed by atoms with Crippen LogP contribution in [0.4, 0.5) is 5.82 Å². The fourth-order valence-electron chi connectivity index (χ4n) is 4.80. The lowest BCUT2D eigenvalue weighted by molar-refractivity contribution is -0.118. The summed E-state index contributed by atoms with van der Waals surface area (Å²) in [4.78, 5) is 38.9. The van der Waals surface area contributed by atoms with Gasteiger partial charge in [-0.3, -0.25) is 14.6 Å². The summed E-state index contributed by atoms with van der Waals surface area (Å²) in [5.74, 6) is 1.22. The number of pyridine rings is 1. The first-order chi connectivity index (χ1) is 16.4. The van der Waals surface area contributed by atoms with Gasteiger partial charge in [0.2, 0.25) is 0 Å². The maximum atomic E-state index is 13.4. The van der Waals surface area contributed by atoms with Gasteiger partial charge >= 0.3 is 0 Å². The average molecular weight is 475 g/mol. The van der Waals surface area contributed by atoms with Crippen LogP contribution in [0.3, 0.4) is 0 Å². The maximum Gasteiger partial charge on any atom is 0.257 e. The molecule has 34 heavy (non-hydrogen) atoms. The number of carbonyl (C=O) groups excluding carboxylic acids is 1. The SMILES string of the molecule is COc1ccccc1C1C2=C(CC(C)(C)CC2=O)Nc2nc(SCc3ccccn3)[nH]c(=O)c21. The van der Waals surface area contributed by atoms with E-state index in [2.05, 4.69) is 29.1 Å². The fraction of sp³-hybridized carbons (Fsp3) is 0.308. The Morgan fingerprint density at radius 2 is 1.91 bits per heavy atom. The number of nitrogens with one attached hydrogen (secondary N) is 2. The number of H-pyrrole nitrogens is 1. The number of hydrogen-bond acceptors (Lipinski definition) is 7. The third kappa shape index (κ3) is 4.14. The Hall–Kier alpha value is -3.39. The molecule has 1 aromatic carbocycles. The van der Waals surface area contributed by atoms with Crippen molar-refractivity contribution in [2.24, 2.45) is 5.41 Å². The number of allylic oxidation sites excluding steroid dienone is 2. The zero-order chi connectivity index (χ0) is 23.9. The zero-order valence-electron chi connectivity index (χ0n) is 19.3. The van der Waals surface area contributed by atoms with E-state index in [4.69, 9.17) is 9.72 Å². The second kappa shape index (κ2) is 8.76. The summed E-state index contributed by atoms with van der Waals surface area (Å²) in [5.41, 5.74) is 3.16. The summed E-state index contributed by atoms with van der Waals surface area (Å²) in [7, 11) is 1.60. The van der Waals surface area contributed by atoms with Gasteiger partial charge in [-0.1, -0.05) is 49.9 Å². The van der Waals surface area contributed by atoms with Gasteiger partial charge < -0.3 is 15.0 Å². The van der Waals surface area contributed by atoms with Gasteiger partial charge in [-0.05, 0) is 30.0 Å². The van der Waals surface area contributed by atoms with E-state index >= 15 is 0 Å². The first-order valence-electron chi connectivity index (χ1n) is 11.2. The predicted molar refractivity (Wildman–Crippen MR) is 132 cm³/mol. The molecule has 2 N–H and O–H groups in total. The summed E-state index contributed by atoms with van der Waals surface area (Å²) >= 11 is 1.42. The number of ether oxygens (including phenoxy) is 1. The number of methoxy groups -OCH3 is 1. The minimum Gasteiger partial charge on any atom is -0.496 e. The number of fused-ring (bicyclic) bond motifs is 1. The molecule has 0 saturated carbocycles. The molecule has 0 fully saturated rings. The van der Waals surface area contributed by atoms with Crippen molar-refractivity contribution in [3.8, 4) is 5.75 Å². The number of ketones is 1. The zero-order valence-corrected chi connectivity index (χ0v) is 20.2. The normalized spacial score (nSPS) is 18.7. The molecule has 2 aromatic heterocycles. The molecule has 3 heterocycles. The van der Waals surface area contributed by atoms with Crippen LogP contribution in [0.5, 0.6) is 5.75 Å². The van der Waals surface area contributed by atoms with Gasteiger partial charge in [0, 0.05) is 35.2 Å². The van der Waals surface area contributed by atoms with Gasteiger partial charge in [0.25, 0.3) is 5.56 Å². The van der Waals surface area contributed by atoms with E-state index in [-0.39, 0.29) is 16.8 Å². The second-order valence-corrected chi connectivity index (χ2v) is 10.3. The smallest absolute Gasteiger partial charge is 0.257 e. The number of thioether (sulfide) groups is 1. The predicted octanol–water partition coefficient (Wildman–Crippen LogP) is 4.67. The summed E-state index contributed by atoms with van der Waals surface area (Å²) in [6.45, 7) is 4.17. The van der Waals surface area contributed by atoms with E-state index in [1.54, 1.807) is 13.3 Å². The quantitative estimate of drug-likeness (QED) is 0.410. The Balaban J connectivity index is 1.62. The molecule has 1 aliphatic carbocycles. The summed E-state index contributed by atoms with van der Waals surface area (Å²) in [6.07, 6.45) is 2.87. The van der Waals surface area contributed by atoms with Crippen LogP contribution in [0.2, 0.25) is 0 Å². The molecule has 1 atom stereocenters. The van der Waals surface area contributed by atoms with E-state index in [1.165, 1.54) is 11.8 Å². The van der Waals surface area contributed by atoms with Crippen molar-refractivity contribution in [2.45, 2.75) is 43.5 Å². The first kappa shape index (κ1) is 22.4. The number of carbonyl (C=O) groups is 1. The third-order valence-corrected chi connectivity index (χ3v) is 7.14. The van der Waals surface area contributed by atoms with Crippen LogP contribution in [-0.4, -0.2) is 27.8 Å². The summed E-state index contributed by atoms with van der Waals surface area (Å²) in [5, 5.41) is 3.87. The van der Waals surface area contributed by atoms with Gasteiger partial charge in [0.15, 0.2) is 10.9 Å². The molecular weight excluding hydrogens is 448 g/mol. The molecule has 0 radical (unpaired) electrons. The van der Waals surface area contributed by atoms with Crippen molar-refractivity contribution in [3.05, 3.63) is 87.1 Å². The molecule has 3 aromatic rings. The van der Waals surface area contributed by atoms with Crippen LogP contribution >= 0.6 is 11.8 Å². The Morgan fingerprint density at radius 1 is 1.12 bits per heavy atom. The molecule has 1 unspecified atom stereocenters. The summed E-state index contributed by atoms with van der Waals surface area (Å²) in [6, 6.07) is 13.3. The monoisotopic (exact) mass is 474 g/mol. The number of benzene rings is 1. The van der Waals surface area contributed by atoms with E-state index in [0.717, 1.165) is 17.0 Å². The van der Waals surface area contributed by atoms with Crippen molar-refractivity contribution in [2.75, 3.05) is 12.4 Å². The number of aromatic nitrogens is 3. The average Bonchev–Trinajstić information content (AvgIpc) is 2.81. The number of hydrogen-bond donors (Lipinski definition) is 2. The van der Waals surface area contributed by atoms with E-state index < -0.39 is 5.92 Å². The molecule has 174 valence electrons. The lowest BCUT2D eigenvalue weighted by Crippen LogP contribution is -2.37. The number of anilines is 1. The summed E-state index contributed by atoms with van der Waals surface area (Å²) < 4.78 is 5.62. The van der Waals surface area contributed by atoms with Crippen LogP contribution in [-0.2, 0) is 10.5 Å². The van der Waals surface area contributed by atoms with Crippen molar-refractivity contribution in [1.82, 2.24) is 15.0 Å². The highest BCUT2D eigenvalue weighted by atomic mass is 32.2. The number of nitrogens with zero attached hydrogens (tertiary/aromatic N) is 2. The van der Waals surface area contributed by atoms with Gasteiger partial charge in [0.05, 0.1) is 24.3 Å². The number of aromatic amines is 1. The molecular formula is C26H26N4O3S. The maximum absolute atomic E-state index is 13.4. The molecule has 0 amide bonds. The number of para-hydroxylation sites is 1. The van der Waals surface area contributed by atoms with Crippen LogP contribution < -0.4 is 15.6 Å². The topological polar surface area (TPSA) is 97.0 Å². The number of rotatable bonds is 5. The van der Waals surface area contributed by atoms with Crippen LogP contribution in [0.15, 0.2) is 69.9 Å². The molecule has 5 rings (SSSR count). The molecule has 0 bridgehead atoms. The minimum absolute atomic E-state index is 0.0494. The molecule has 2 aliphatic rings. The second-order valence-electron chi connectivity index (χ2n) is 9.38.